The van der Waals surface area contributed by atoms with Crippen molar-refractivity contribution in [2.75, 3.05) is 11.4 Å². The van der Waals surface area contributed by atoms with Crippen molar-refractivity contribution in [1.29, 1.82) is 0 Å². The molecule has 0 aliphatic carbocycles. The maximum atomic E-state index is 12.5. The van der Waals surface area contributed by atoms with Crippen LogP contribution < -0.4 is 4.90 Å². The number of hydrogen-bond acceptors (Lipinski definition) is 4. The first kappa shape index (κ1) is 19.4. The van der Waals surface area contributed by atoms with Gasteiger partial charge in [0, 0.05) is 23.6 Å². The second-order valence-electron chi connectivity index (χ2n) is 6.23. The number of ether oxygens (including phenoxy) is 1. The van der Waals surface area contributed by atoms with Crippen molar-refractivity contribution in [3.8, 4) is 0 Å². The minimum Gasteiger partial charge on any atom is -0.451 e. The van der Waals surface area contributed by atoms with E-state index < -0.39 is 12.1 Å². The van der Waals surface area contributed by atoms with E-state index in [4.69, 9.17) is 27.9 Å². The summed E-state index contributed by atoms with van der Waals surface area (Å²) >= 11 is 12.0. The van der Waals surface area contributed by atoms with Crippen molar-refractivity contribution < 1.29 is 19.1 Å². The summed E-state index contributed by atoms with van der Waals surface area (Å²) in [7, 11) is 0. The predicted molar refractivity (Wildman–Crippen MR) is 104 cm³/mol. The first-order valence-electron chi connectivity index (χ1n) is 8.47. The van der Waals surface area contributed by atoms with Crippen LogP contribution in [0.15, 0.2) is 42.5 Å². The molecule has 2 aromatic carbocycles. The molecule has 1 fully saturated rings. The van der Waals surface area contributed by atoms with E-state index in [1.807, 2.05) is 0 Å². The molecule has 3 rings (SSSR count). The number of benzene rings is 2. The molecule has 5 nitrogen and oxygen atoms in total. The molecule has 2 aromatic rings. The average Bonchev–Trinajstić information content (AvgIpc) is 3.07. The third kappa shape index (κ3) is 4.31. The molecule has 0 radical (unpaired) electrons. The number of hydrogen-bond donors (Lipinski definition) is 0. The normalized spacial score (nSPS) is 14.9. The lowest BCUT2D eigenvalue weighted by molar-refractivity contribution is -0.117. The number of anilines is 1. The quantitative estimate of drug-likeness (QED) is 0.540. The van der Waals surface area contributed by atoms with Gasteiger partial charge in [-0.1, -0.05) is 23.2 Å². The largest absolute Gasteiger partial charge is 0.451 e. The topological polar surface area (TPSA) is 63.7 Å². The van der Waals surface area contributed by atoms with Crippen molar-refractivity contribution in [2.24, 2.45) is 0 Å². The van der Waals surface area contributed by atoms with Gasteiger partial charge in [-0.2, -0.15) is 0 Å². The van der Waals surface area contributed by atoms with Crippen molar-refractivity contribution in [3.05, 3.63) is 63.6 Å². The summed E-state index contributed by atoms with van der Waals surface area (Å²) in [5.74, 6) is -1.02. The lowest BCUT2D eigenvalue weighted by atomic mass is 10.1. The molecule has 0 spiro atoms. The summed E-state index contributed by atoms with van der Waals surface area (Å²) < 4.78 is 5.30. The highest BCUT2D eigenvalue weighted by Gasteiger charge is 2.26. The molecule has 1 aliphatic rings. The molecule has 1 amide bonds. The first-order valence-corrected chi connectivity index (χ1v) is 9.23. The SMILES string of the molecule is C[C@@H](OC(=O)c1ccc(Cl)c(N2CCCC2=O)c1)C(=O)c1ccc(Cl)cc1. The Labute approximate surface area is 166 Å². The van der Waals surface area contributed by atoms with E-state index in [2.05, 4.69) is 0 Å². The predicted octanol–water partition coefficient (Wildman–Crippen LogP) is 4.55. The Morgan fingerprint density at radius 2 is 1.74 bits per heavy atom. The van der Waals surface area contributed by atoms with Crippen LogP contribution in [0.3, 0.4) is 0 Å². The van der Waals surface area contributed by atoms with Gasteiger partial charge in [0.05, 0.1) is 16.3 Å². The van der Waals surface area contributed by atoms with Crippen molar-refractivity contribution in [1.82, 2.24) is 0 Å². The monoisotopic (exact) mass is 405 g/mol. The van der Waals surface area contributed by atoms with Gasteiger partial charge in [0.2, 0.25) is 11.7 Å². The van der Waals surface area contributed by atoms with Gasteiger partial charge in [-0.25, -0.2) is 4.79 Å². The Morgan fingerprint density at radius 3 is 2.37 bits per heavy atom. The van der Waals surface area contributed by atoms with Crippen LogP contribution in [0.1, 0.15) is 40.5 Å². The number of ketones is 1. The number of halogens is 2. The Balaban J connectivity index is 1.74. The molecule has 0 bridgehead atoms. The van der Waals surface area contributed by atoms with Crippen LogP contribution in [-0.4, -0.2) is 30.3 Å². The van der Waals surface area contributed by atoms with E-state index in [0.717, 1.165) is 6.42 Å². The molecule has 7 heteroatoms. The molecule has 1 atom stereocenters. The van der Waals surface area contributed by atoms with Gasteiger partial charge in [-0.05, 0) is 55.8 Å². The highest BCUT2D eigenvalue weighted by atomic mass is 35.5. The fraction of sp³-hybridized carbons (Fsp3) is 0.250. The van der Waals surface area contributed by atoms with Crippen LogP contribution in [0.4, 0.5) is 5.69 Å². The van der Waals surface area contributed by atoms with Crippen molar-refractivity contribution in [2.45, 2.75) is 25.9 Å². The van der Waals surface area contributed by atoms with Crippen molar-refractivity contribution in [3.63, 3.8) is 0 Å². The Kier molecular flexibility index (Phi) is 5.82. The molecule has 1 heterocycles. The summed E-state index contributed by atoms with van der Waals surface area (Å²) in [5.41, 5.74) is 1.11. The van der Waals surface area contributed by atoms with Crippen molar-refractivity contribution >= 4 is 46.5 Å². The summed E-state index contributed by atoms with van der Waals surface area (Å²) in [6.45, 7) is 2.07. The smallest absolute Gasteiger partial charge is 0.338 e. The minimum absolute atomic E-state index is 0.0336. The second-order valence-corrected chi connectivity index (χ2v) is 7.08. The zero-order chi connectivity index (χ0) is 19.6. The number of carbonyl (C=O) groups is 3. The molecule has 0 unspecified atom stereocenters. The van der Waals surface area contributed by atoms with Crippen LogP contribution >= 0.6 is 23.2 Å². The lowest BCUT2D eigenvalue weighted by Gasteiger charge is -2.18. The second kappa shape index (κ2) is 8.11. The average molecular weight is 406 g/mol. The third-order valence-electron chi connectivity index (χ3n) is 4.33. The molecule has 1 saturated heterocycles. The molecule has 140 valence electrons. The van der Waals surface area contributed by atoms with Crippen LogP contribution in [-0.2, 0) is 9.53 Å². The van der Waals surface area contributed by atoms with Gasteiger partial charge >= 0.3 is 5.97 Å². The number of Topliss-reactive ketones (excluding diaryl/α,β-unsaturated/α-hetero) is 1. The summed E-state index contributed by atoms with van der Waals surface area (Å²) in [4.78, 5) is 38.4. The van der Waals surface area contributed by atoms with Crippen LogP contribution in [0.2, 0.25) is 10.0 Å². The summed E-state index contributed by atoms with van der Waals surface area (Å²) in [5, 5.41) is 0.897. The number of carbonyl (C=O) groups excluding carboxylic acids is 3. The van der Waals surface area contributed by atoms with E-state index in [-0.39, 0.29) is 17.3 Å². The van der Waals surface area contributed by atoms with Crippen LogP contribution in [0.5, 0.6) is 0 Å². The Morgan fingerprint density at radius 1 is 1.07 bits per heavy atom. The number of rotatable bonds is 5. The maximum Gasteiger partial charge on any atom is 0.338 e. The minimum atomic E-state index is -0.966. The Hall–Kier alpha value is -2.37. The summed E-state index contributed by atoms with van der Waals surface area (Å²) in [6, 6.07) is 10.9. The molecule has 1 aliphatic heterocycles. The third-order valence-corrected chi connectivity index (χ3v) is 4.90. The van der Waals surface area contributed by atoms with Gasteiger partial charge in [-0.15, -0.1) is 0 Å². The molecule has 0 N–H and O–H groups in total. The van der Waals surface area contributed by atoms with Gasteiger partial charge in [0.15, 0.2) is 6.10 Å². The van der Waals surface area contributed by atoms with E-state index in [1.54, 1.807) is 35.2 Å². The molecule has 0 saturated carbocycles. The summed E-state index contributed by atoms with van der Waals surface area (Å²) in [6.07, 6.45) is 0.236. The first-order chi connectivity index (χ1) is 12.9. The molecular weight excluding hydrogens is 389 g/mol. The molecular formula is C20H17Cl2NO4. The number of amides is 1. The fourth-order valence-electron chi connectivity index (χ4n) is 2.88. The fourth-order valence-corrected chi connectivity index (χ4v) is 3.23. The van der Waals surface area contributed by atoms with Crippen LogP contribution in [0, 0.1) is 0 Å². The Bertz CT molecular complexity index is 895. The lowest BCUT2D eigenvalue weighted by Crippen LogP contribution is -2.26. The highest BCUT2D eigenvalue weighted by Crippen LogP contribution is 2.30. The van der Waals surface area contributed by atoms with Crippen LogP contribution in [0.25, 0.3) is 0 Å². The molecule has 27 heavy (non-hydrogen) atoms. The zero-order valence-electron chi connectivity index (χ0n) is 14.6. The maximum absolute atomic E-state index is 12.5. The standard InChI is InChI=1S/C20H17Cl2NO4/c1-12(19(25)13-4-7-15(21)8-5-13)27-20(26)14-6-9-16(22)17(11-14)23-10-2-3-18(23)24/h4-9,11-12H,2-3,10H2,1H3/t12-/m1/s1. The van der Waals surface area contributed by atoms with Gasteiger partial charge in [0.1, 0.15) is 0 Å². The molecule has 0 aromatic heterocycles. The van der Waals surface area contributed by atoms with E-state index >= 15 is 0 Å². The van der Waals surface area contributed by atoms with E-state index in [9.17, 15) is 14.4 Å². The zero-order valence-corrected chi connectivity index (χ0v) is 16.1. The van der Waals surface area contributed by atoms with E-state index in [0.29, 0.717) is 34.3 Å². The van der Waals surface area contributed by atoms with Gasteiger partial charge in [0.25, 0.3) is 0 Å². The number of nitrogens with zero attached hydrogens (tertiary/aromatic N) is 1. The van der Waals surface area contributed by atoms with Gasteiger partial charge < -0.3 is 9.64 Å². The van der Waals surface area contributed by atoms with E-state index in [1.165, 1.54) is 19.1 Å². The number of esters is 1. The highest BCUT2D eigenvalue weighted by molar-refractivity contribution is 6.34. The van der Waals surface area contributed by atoms with Gasteiger partial charge in [-0.3, -0.25) is 9.59 Å².